The van der Waals surface area contributed by atoms with Crippen molar-refractivity contribution in [3.8, 4) is 0 Å². The molecular weight excluding hydrogens is 236 g/mol. The number of alkyl halides is 1. The molecule has 0 spiro atoms. The number of nitrogens with zero attached hydrogens (tertiary/aromatic N) is 4. The van der Waals surface area contributed by atoms with Crippen molar-refractivity contribution in [2.75, 3.05) is 11.4 Å². The first-order valence-corrected chi connectivity index (χ1v) is 6.17. The molecule has 3 rings (SSSR count). The van der Waals surface area contributed by atoms with Gasteiger partial charge in [0, 0.05) is 37.2 Å². The van der Waals surface area contributed by atoms with Crippen LogP contribution in [0.2, 0.25) is 0 Å². The fourth-order valence-corrected chi connectivity index (χ4v) is 2.38. The molecule has 0 aromatic carbocycles. The van der Waals surface area contributed by atoms with Crippen LogP contribution in [0.1, 0.15) is 11.4 Å². The molecule has 3 heterocycles. The third-order valence-electron chi connectivity index (χ3n) is 3.06. The lowest BCUT2D eigenvalue weighted by atomic mass is 10.2. The van der Waals surface area contributed by atoms with Crippen LogP contribution in [-0.4, -0.2) is 21.1 Å². The molecule has 0 radical (unpaired) electrons. The summed E-state index contributed by atoms with van der Waals surface area (Å²) in [6.07, 6.45) is 5.68. The number of imidazole rings is 1. The average molecular weight is 249 g/mol. The van der Waals surface area contributed by atoms with Crippen molar-refractivity contribution < 1.29 is 0 Å². The lowest BCUT2D eigenvalue weighted by molar-refractivity contribution is 0.555. The van der Waals surface area contributed by atoms with Gasteiger partial charge in [0.15, 0.2) is 0 Å². The van der Waals surface area contributed by atoms with E-state index in [0.29, 0.717) is 5.88 Å². The molecule has 4 nitrogen and oxygen atoms in total. The van der Waals surface area contributed by atoms with Crippen molar-refractivity contribution >= 4 is 17.4 Å². The second-order valence-electron chi connectivity index (χ2n) is 4.08. The third-order valence-corrected chi connectivity index (χ3v) is 3.34. The molecule has 5 heteroatoms. The topological polar surface area (TPSA) is 34.0 Å². The molecule has 17 heavy (non-hydrogen) atoms. The van der Waals surface area contributed by atoms with Gasteiger partial charge in [-0.3, -0.25) is 0 Å². The summed E-state index contributed by atoms with van der Waals surface area (Å²) in [6.45, 7) is 2.70. The zero-order valence-corrected chi connectivity index (χ0v) is 10.1. The van der Waals surface area contributed by atoms with Crippen LogP contribution in [0, 0.1) is 0 Å². The van der Waals surface area contributed by atoms with Crippen molar-refractivity contribution in [1.29, 1.82) is 0 Å². The van der Waals surface area contributed by atoms with Gasteiger partial charge in [-0.2, -0.15) is 0 Å². The van der Waals surface area contributed by atoms with E-state index < -0.39 is 0 Å². The van der Waals surface area contributed by atoms with Crippen molar-refractivity contribution in [2.24, 2.45) is 0 Å². The highest BCUT2D eigenvalue weighted by atomic mass is 35.5. The lowest BCUT2D eigenvalue weighted by Gasteiger charge is -2.29. The molecule has 1 aliphatic heterocycles. The first-order valence-electron chi connectivity index (χ1n) is 5.63. The largest absolute Gasteiger partial charge is 0.347 e. The number of hydrogen-bond donors (Lipinski definition) is 0. The quantitative estimate of drug-likeness (QED) is 0.763. The second-order valence-corrected chi connectivity index (χ2v) is 4.35. The first-order chi connectivity index (χ1) is 8.38. The standard InChI is InChI=1S/C12H13ClN4/c13-8-10-2-1-3-15-12(10)17-7-6-16-5-4-14-11(16)9-17/h1-5H,6-9H2. The Morgan fingerprint density at radius 2 is 2.18 bits per heavy atom. The Kier molecular flexibility index (Phi) is 2.73. The lowest BCUT2D eigenvalue weighted by Crippen LogP contribution is -2.34. The Balaban J connectivity index is 1.91. The highest BCUT2D eigenvalue weighted by Crippen LogP contribution is 2.22. The Morgan fingerprint density at radius 3 is 3.06 bits per heavy atom. The van der Waals surface area contributed by atoms with E-state index >= 15 is 0 Å². The molecule has 88 valence electrons. The van der Waals surface area contributed by atoms with E-state index in [9.17, 15) is 0 Å². The van der Waals surface area contributed by atoms with Crippen LogP contribution in [0.4, 0.5) is 5.82 Å². The van der Waals surface area contributed by atoms with Gasteiger partial charge < -0.3 is 9.47 Å². The van der Waals surface area contributed by atoms with Gasteiger partial charge in [-0.25, -0.2) is 9.97 Å². The first kappa shape index (κ1) is 10.6. The van der Waals surface area contributed by atoms with Crippen molar-refractivity contribution in [3.63, 3.8) is 0 Å². The second kappa shape index (κ2) is 4.37. The van der Waals surface area contributed by atoms with Gasteiger partial charge >= 0.3 is 0 Å². The summed E-state index contributed by atoms with van der Waals surface area (Å²) in [7, 11) is 0. The summed E-state index contributed by atoms with van der Waals surface area (Å²) in [5, 5.41) is 0. The number of hydrogen-bond acceptors (Lipinski definition) is 3. The summed E-state index contributed by atoms with van der Waals surface area (Å²) >= 11 is 5.94. The van der Waals surface area contributed by atoms with Crippen LogP contribution in [0.3, 0.4) is 0 Å². The van der Waals surface area contributed by atoms with E-state index in [0.717, 1.165) is 36.8 Å². The van der Waals surface area contributed by atoms with Gasteiger partial charge in [0.05, 0.1) is 12.4 Å². The Morgan fingerprint density at radius 1 is 1.24 bits per heavy atom. The zero-order chi connectivity index (χ0) is 11.7. The van der Waals surface area contributed by atoms with Gasteiger partial charge in [0.1, 0.15) is 11.6 Å². The van der Waals surface area contributed by atoms with Crippen LogP contribution in [0.15, 0.2) is 30.7 Å². The van der Waals surface area contributed by atoms with E-state index in [4.69, 9.17) is 11.6 Å². The van der Waals surface area contributed by atoms with Crippen LogP contribution in [-0.2, 0) is 19.0 Å². The van der Waals surface area contributed by atoms with Crippen molar-refractivity contribution in [1.82, 2.24) is 14.5 Å². The molecule has 0 atom stereocenters. The molecule has 0 amide bonds. The molecule has 0 N–H and O–H groups in total. The molecule has 2 aromatic rings. The number of anilines is 1. The highest BCUT2D eigenvalue weighted by molar-refractivity contribution is 6.17. The summed E-state index contributed by atoms with van der Waals surface area (Å²) in [4.78, 5) is 11.0. The number of rotatable bonds is 2. The molecule has 2 aromatic heterocycles. The number of fused-ring (bicyclic) bond motifs is 1. The third kappa shape index (κ3) is 1.89. The van der Waals surface area contributed by atoms with Gasteiger partial charge in [0.25, 0.3) is 0 Å². The van der Waals surface area contributed by atoms with Gasteiger partial charge in [-0.15, -0.1) is 11.6 Å². The fourth-order valence-electron chi connectivity index (χ4n) is 2.17. The van der Waals surface area contributed by atoms with Gasteiger partial charge in [-0.05, 0) is 6.07 Å². The molecule has 1 aliphatic rings. The minimum absolute atomic E-state index is 0.494. The number of aromatic nitrogens is 3. The van der Waals surface area contributed by atoms with Crippen molar-refractivity contribution in [2.45, 2.75) is 19.0 Å². The predicted octanol–water partition coefficient (Wildman–Crippen LogP) is 2.04. The molecular formula is C12H13ClN4. The summed E-state index contributed by atoms with van der Waals surface area (Å²) in [6, 6.07) is 3.95. The number of pyridine rings is 1. The predicted molar refractivity (Wildman–Crippen MR) is 67.1 cm³/mol. The van der Waals surface area contributed by atoms with Crippen molar-refractivity contribution in [3.05, 3.63) is 42.1 Å². The maximum Gasteiger partial charge on any atom is 0.133 e. The van der Waals surface area contributed by atoms with E-state index in [1.165, 1.54) is 0 Å². The minimum atomic E-state index is 0.494. The minimum Gasteiger partial charge on any atom is -0.347 e. The van der Waals surface area contributed by atoms with Crippen LogP contribution in [0.5, 0.6) is 0 Å². The van der Waals surface area contributed by atoms with Crippen LogP contribution in [0.25, 0.3) is 0 Å². The SMILES string of the molecule is ClCc1cccnc1N1CCn2ccnc2C1. The monoisotopic (exact) mass is 248 g/mol. The summed E-state index contributed by atoms with van der Waals surface area (Å²) in [5.74, 6) is 2.56. The molecule has 0 saturated carbocycles. The van der Waals surface area contributed by atoms with E-state index in [-0.39, 0.29) is 0 Å². The highest BCUT2D eigenvalue weighted by Gasteiger charge is 2.19. The smallest absolute Gasteiger partial charge is 0.133 e. The zero-order valence-electron chi connectivity index (χ0n) is 9.38. The van der Waals surface area contributed by atoms with Crippen LogP contribution < -0.4 is 4.90 Å². The van der Waals surface area contributed by atoms with E-state index in [2.05, 4.69) is 19.4 Å². The average Bonchev–Trinajstić information content (AvgIpc) is 2.85. The van der Waals surface area contributed by atoms with Gasteiger partial charge in [-0.1, -0.05) is 6.07 Å². The summed E-state index contributed by atoms with van der Waals surface area (Å²) < 4.78 is 2.18. The van der Waals surface area contributed by atoms with E-state index in [1.54, 1.807) is 0 Å². The molecule has 0 fully saturated rings. The van der Waals surface area contributed by atoms with Crippen LogP contribution >= 0.6 is 11.6 Å². The molecule has 0 unspecified atom stereocenters. The maximum absolute atomic E-state index is 5.94. The van der Waals surface area contributed by atoms with Gasteiger partial charge in [0.2, 0.25) is 0 Å². The maximum atomic E-state index is 5.94. The van der Waals surface area contributed by atoms with E-state index in [1.807, 2.05) is 30.7 Å². The normalized spacial score (nSPS) is 14.8. The molecule has 0 bridgehead atoms. The molecule has 0 saturated heterocycles. The Labute approximate surface area is 105 Å². The number of halogens is 1. The summed E-state index contributed by atoms with van der Waals surface area (Å²) in [5.41, 5.74) is 1.08. The Bertz CT molecular complexity index is 523. The fraction of sp³-hybridized carbons (Fsp3) is 0.333. The Hall–Kier alpha value is -1.55. The molecule has 0 aliphatic carbocycles.